The molecular formula is C11H12N6. The van der Waals surface area contributed by atoms with Gasteiger partial charge in [0, 0.05) is 18.9 Å². The van der Waals surface area contributed by atoms with Crippen molar-refractivity contribution in [3.63, 3.8) is 0 Å². The van der Waals surface area contributed by atoms with E-state index >= 15 is 0 Å². The number of hydrogen-bond donors (Lipinski definition) is 1. The van der Waals surface area contributed by atoms with Crippen molar-refractivity contribution < 1.29 is 0 Å². The van der Waals surface area contributed by atoms with E-state index < -0.39 is 0 Å². The number of nitrogens with two attached hydrogens (primary N) is 1. The maximum absolute atomic E-state index is 9.11. The van der Waals surface area contributed by atoms with Crippen LogP contribution in [-0.2, 0) is 6.54 Å². The summed E-state index contributed by atoms with van der Waals surface area (Å²) in [5.74, 6) is 0.384. The van der Waals surface area contributed by atoms with Crippen LogP contribution in [0.15, 0.2) is 18.6 Å². The molecule has 2 aromatic rings. The number of nitrogen functional groups attached to an aromatic ring is 1. The second kappa shape index (κ2) is 4.61. The molecule has 2 N–H and O–H groups in total. The van der Waals surface area contributed by atoms with Crippen molar-refractivity contribution in [2.45, 2.75) is 19.9 Å². The Morgan fingerprint density at radius 2 is 2.29 bits per heavy atom. The van der Waals surface area contributed by atoms with E-state index in [0.717, 1.165) is 6.42 Å². The fourth-order valence-electron chi connectivity index (χ4n) is 1.57. The second-order valence-electron chi connectivity index (χ2n) is 3.53. The monoisotopic (exact) mass is 228 g/mol. The Morgan fingerprint density at radius 3 is 2.88 bits per heavy atom. The lowest BCUT2D eigenvalue weighted by molar-refractivity contribution is 0.612. The summed E-state index contributed by atoms with van der Waals surface area (Å²) in [7, 11) is 0. The molecular weight excluding hydrogens is 216 g/mol. The summed E-state index contributed by atoms with van der Waals surface area (Å²) < 4.78 is 1.63. The molecule has 0 saturated heterocycles. The molecule has 0 spiro atoms. The minimum Gasteiger partial charge on any atom is -0.383 e. The van der Waals surface area contributed by atoms with Gasteiger partial charge in [-0.05, 0) is 6.42 Å². The van der Waals surface area contributed by atoms with Crippen LogP contribution < -0.4 is 5.73 Å². The zero-order chi connectivity index (χ0) is 12.3. The van der Waals surface area contributed by atoms with Gasteiger partial charge in [0.25, 0.3) is 0 Å². The first-order valence-electron chi connectivity index (χ1n) is 5.30. The Balaban J connectivity index is 2.55. The first kappa shape index (κ1) is 11.1. The van der Waals surface area contributed by atoms with Gasteiger partial charge >= 0.3 is 0 Å². The highest BCUT2D eigenvalue weighted by Crippen LogP contribution is 2.24. The molecule has 0 bridgehead atoms. The van der Waals surface area contributed by atoms with Gasteiger partial charge in [-0.25, -0.2) is 4.68 Å². The molecule has 0 amide bonds. The van der Waals surface area contributed by atoms with Crippen LogP contribution in [0.3, 0.4) is 0 Å². The van der Waals surface area contributed by atoms with Crippen LogP contribution in [0.2, 0.25) is 0 Å². The summed E-state index contributed by atoms with van der Waals surface area (Å²) in [5.41, 5.74) is 7.28. The van der Waals surface area contributed by atoms with E-state index in [2.05, 4.69) is 21.1 Å². The molecule has 0 atom stereocenters. The Kier molecular flexibility index (Phi) is 3.01. The van der Waals surface area contributed by atoms with Gasteiger partial charge in [0.05, 0.1) is 6.20 Å². The molecule has 0 saturated carbocycles. The smallest absolute Gasteiger partial charge is 0.140 e. The third kappa shape index (κ3) is 1.95. The van der Waals surface area contributed by atoms with Gasteiger partial charge in [-0.3, -0.25) is 9.97 Å². The Bertz CT molecular complexity index is 551. The van der Waals surface area contributed by atoms with Crippen LogP contribution in [0.25, 0.3) is 11.4 Å². The molecule has 17 heavy (non-hydrogen) atoms. The molecule has 0 aliphatic heterocycles. The highest BCUT2D eigenvalue weighted by molar-refractivity contribution is 5.69. The lowest BCUT2D eigenvalue weighted by Gasteiger charge is -1.99. The zero-order valence-corrected chi connectivity index (χ0v) is 9.46. The average molecular weight is 228 g/mol. The van der Waals surface area contributed by atoms with Crippen LogP contribution in [-0.4, -0.2) is 19.7 Å². The van der Waals surface area contributed by atoms with E-state index in [1.165, 1.54) is 0 Å². The van der Waals surface area contributed by atoms with Crippen LogP contribution >= 0.6 is 0 Å². The fourth-order valence-corrected chi connectivity index (χ4v) is 1.57. The zero-order valence-electron chi connectivity index (χ0n) is 9.46. The summed E-state index contributed by atoms with van der Waals surface area (Å²) in [5, 5.41) is 13.4. The number of aryl methyl sites for hydroxylation is 1. The molecule has 2 heterocycles. The highest BCUT2D eigenvalue weighted by Gasteiger charge is 2.17. The molecule has 0 aliphatic carbocycles. The average Bonchev–Trinajstić information content (AvgIpc) is 2.68. The molecule has 86 valence electrons. The van der Waals surface area contributed by atoms with Gasteiger partial charge in [0.15, 0.2) is 0 Å². The van der Waals surface area contributed by atoms with Crippen LogP contribution in [0.1, 0.15) is 18.9 Å². The molecule has 0 unspecified atom stereocenters. The van der Waals surface area contributed by atoms with E-state index in [4.69, 9.17) is 11.0 Å². The molecule has 6 nitrogen and oxygen atoms in total. The van der Waals surface area contributed by atoms with E-state index in [1.807, 2.05) is 6.92 Å². The van der Waals surface area contributed by atoms with Gasteiger partial charge in [0.2, 0.25) is 0 Å². The summed E-state index contributed by atoms with van der Waals surface area (Å²) in [6.45, 7) is 2.70. The van der Waals surface area contributed by atoms with Crippen molar-refractivity contribution in [2.75, 3.05) is 5.73 Å². The molecule has 2 aromatic heterocycles. The van der Waals surface area contributed by atoms with Crippen molar-refractivity contribution >= 4 is 5.82 Å². The topological polar surface area (TPSA) is 93.4 Å². The third-order valence-corrected chi connectivity index (χ3v) is 2.34. The van der Waals surface area contributed by atoms with Crippen molar-refractivity contribution in [3.8, 4) is 17.5 Å². The van der Waals surface area contributed by atoms with Crippen LogP contribution in [0.5, 0.6) is 0 Å². The number of hydrogen-bond acceptors (Lipinski definition) is 5. The van der Waals surface area contributed by atoms with Gasteiger partial charge in [-0.2, -0.15) is 10.4 Å². The SMILES string of the molecule is CCCn1nc(-c2cnccn2)c(C#N)c1N. The van der Waals surface area contributed by atoms with E-state index in [0.29, 0.717) is 29.3 Å². The van der Waals surface area contributed by atoms with Crippen molar-refractivity contribution in [1.82, 2.24) is 19.7 Å². The maximum atomic E-state index is 9.11. The largest absolute Gasteiger partial charge is 0.383 e. The lowest BCUT2D eigenvalue weighted by Crippen LogP contribution is -2.04. The maximum Gasteiger partial charge on any atom is 0.140 e. The Hall–Kier alpha value is -2.42. The predicted molar refractivity (Wildman–Crippen MR) is 62.7 cm³/mol. The quantitative estimate of drug-likeness (QED) is 0.852. The standard InChI is InChI=1S/C11H12N6/c1-2-5-17-11(13)8(6-12)10(16-17)9-7-14-3-4-15-9/h3-4,7H,2,5,13H2,1H3. The van der Waals surface area contributed by atoms with Crippen LogP contribution in [0.4, 0.5) is 5.82 Å². The number of aromatic nitrogens is 4. The summed E-state index contributed by atoms with van der Waals surface area (Å²) in [6, 6.07) is 2.07. The highest BCUT2D eigenvalue weighted by atomic mass is 15.3. The summed E-state index contributed by atoms with van der Waals surface area (Å²) >= 11 is 0. The van der Waals surface area contributed by atoms with Crippen LogP contribution in [0, 0.1) is 11.3 Å². The van der Waals surface area contributed by atoms with Gasteiger partial charge in [0.1, 0.15) is 28.8 Å². The minimum atomic E-state index is 0.360. The van der Waals surface area contributed by atoms with Gasteiger partial charge < -0.3 is 5.73 Å². The number of nitriles is 1. The molecule has 0 aliphatic rings. The first-order valence-corrected chi connectivity index (χ1v) is 5.30. The van der Waals surface area contributed by atoms with Crippen molar-refractivity contribution in [3.05, 3.63) is 24.2 Å². The lowest BCUT2D eigenvalue weighted by atomic mass is 10.2. The van der Waals surface area contributed by atoms with Gasteiger partial charge in [-0.15, -0.1) is 0 Å². The Morgan fingerprint density at radius 1 is 1.47 bits per heavy atom. The molecule has 2 rings (SSSR count). The molecule has 0 aromatic carbocycles. The van der Waals surface area contributed by atoms with Crippen molar-refractivity contribution in [2.24, 2.45) is 0 Å². The second-order valence-corrected chi connectivity index (χ2v) is 3.53. The Labute approximate surface area is 98.7 Å². The van der Waals surface area contributed by atoms with E-state index in [1.54, 1.807) is 23.3 Å². The summed E-state index contributed by atoms with van der Waals surface area (Å²) in [6.07, 6.45) is 5.60. The third-order valence-electron chi connectivity index (χ3n) is 2.34. The van der Waals surface area contributed by atoms with E-state index in [9.17, 15) is 0 Å². The number of rotatable bonds is 3. The molecule has 6 heteroatoms. The predicted octanol–water partition coefficient (Wildman–Crippen LogP) is 1.20. The van der Waals surface area contributed by atoms with E-state index in [-0.39, 0.29) is 0 Å². The number of nitrogens with zero attached hydrogens (tertiary/aromatic N) is 5. The molecule has 0 radical (unpaired) electrons. The molecule has 0 fully saturated rings. The normalized spacial score (nSPS) is 10.1. The van der Waals surface area contributed by atoms with Crippen molar-refractivity contribution in [1.29, 1.82) is 5.26 Å². The fraction of sp³-hybridized carbons (Fsp3) is 0.273. The van der Waals surface area contributed by atoms with Gasteiger partial charge in [-0.1, -0.05) is 6.92 Å². The first-order chi connectivity index (χ1) is 8.27. The minimum absolute atomic E-state index is 0.360. The number of anilines is 1. The summed E-state index contributed by atoms with van der Waals surface area (Å²) in [4.78, 5) is 8.09.